The van der Waals surface area contributed by atoms with Crippen molar-refractivity contribution < 1.29 is 4.79 Å². The molecule has 2 N–H and O–H groups in total. The van der Waals surface area contributed by atoms with Crippen LogP contribution < -0.4 is 10.6 Å². The molecule has 4 nitrogen and oxygen atoms in total. The fourth-order valence-corrected chi connectivity index (χ4v) is 3.37. The van der Waals surface area contributed by atoms with Gasteiger partial charge in [-0.1, -0.05) is 0 Å². The number of pyridine rings is 1. The smallest absolute Gasteiger partial charge is 0.237 e. The molecule has 5 heteroatoms. The van der Waals surface area contributed by atoms with Crippen molar-refractivity contribution in [2.45, 2.75) is 32.4 Å². The summed E-state index contributed by atoms with van der Waals surface area (Å²) in [5.41, 5.74) is 3.30. The molecule has 1 unspecified atom stereocenters. The molecule has 0 bridgehead atoms. The molecule has 1 aliphatic heterocycles. The summed E-state index contributed by atoms with van der Waals surface area (Å²) >= 11 is 1.70. The molecule has 0 aliphatic carbocycles. The summed E-state index contributed by atoms with van der Waals surface area (Å²) in [7, 11) is 0. The lowest BCUT2D eigenvalue weighted by molar-refractivity contribution is -0.122. The van der Waals surface area contributed by atoms with E-state index in [9.17, 15) is 4.79 Å². The highest BCUT2D eigenvalue weighted by atomic mass is 32.1. The Hall–Kier alpha value is -1.72. The van der Waals surface area contributed by atoms with E-state index < -0.39 is 0 Å². The fourth-order valence-electron chi connectivity index (χ4n) is 2.51. The summed E-state index contributed by atoms with van der Waals surface area (Å²) in [6.07, 6.45) is 3.82. The van der Waals surface area contributed by atoms with E-state index in [1.54, 1.807) is 17.5 Å². The van der Waals surface area contributed by atoms with E-state index in [0.717, 1.165) is 35.5 Å². The molecule has 0 aromatic carbocycles. The van der Waals surface area contributed by atoms with Crippen molar-refractivity contribution in [2.75, 3.05) is 6.54 Å². The zero-order valence-electron chi connectivity index (χ0n) is 12.1. The second kappa shape index (κ2) is 6.37. The van der Waals surface area contributed by atoms with Crippen LogP contribution in [-0.2, 0) is 11.3 Å². The third kappa shape index (κ3) is 3.49. The first-order chi connectivity index (χ1) is 10.2. The molecule has 21 heavy (non-hydrogen) atoms. The summed E-state index contributed by atoms with van der Waals surface area (Å²) in [6.45, 7) is 3.57. The highest BCUT2D eigenvalue weighted by Gasteiger charge is 2.21. The van der Waals surface area contributed by atoms with Gasteiger partial charge in [0.2, 0.25) is 5.91 Å². The van der Waals surface area contributed by atoms with E-state index >= 15 is 0 Å². The molecule has 0 saturated carbocycles. The molecule has 3 heterocycles. The van der Waals surface area contributed by atoms with Crippen LogP contribution in [0.2, 0.25) is 0 Å². The minimum atomic E-state index is -0.0220. The van der Waals surface area contributed by atoms with Crippen molar-refractivity contribution in [3.63, 3.8) is 0 Å². The highest BCUT2D eigenvalue weighted by molar-refractivity contribution is 7.13. The number of rotatable bonds is 4. The largest absolute Gasteiger partial charge is 0.351 e. The van der Waals surface area contributed by atoms with E-state index in [2.05, 4.69) is 34.0 Å². The Balaban J connectivity index is 1.64. The van der Waals surface area contributed by atoms with Gasteiger partial charge in [-0.05, 0) is 61.0 Å². The Morgan fingerprint density at radius 1 is 1.52 bits per heavy atom. The average molecular weight is 301 g/mol. The number of nitrogens with one attached hydrogen (secondary N) is 2. The molecule has 1 aliphatic rings. The number of carbonyl (C=O) groups excluding carboxylic acids is 1. The zero-order chi connectivity index (χ0) is 14.7. The topological polar surface area (TPSA) is 54.0 Å². The number of hydrogen-bond acceptors (Lipinski definition) is 4. The van der Waals surface area contributed by atoms with Gasteiger partial charge in [-0.2, -0.15) is 0 Å². The minimum Gasteiger partial charge on any atom is -0.351 e. The number of carbonyl (C=O) groups is 1. The standard InChI is InChI=1S/C16H19N3OS/c1-11-7-15(21-10-11)14-8-12(4-6-18-14)9-19-16(20)13-3-2-5-17-13/h4,6-8,10,13,17H,2-3,5,9H2,1H3,(H,19,20). The maximum Gasteiger partial charge on any atom is 0.237 e. The molecule has 1 amide bonds. The van der Waals surface area contributed by atoms with E-state index in [1.165, 1.54) is 5.56 Å². The SMILES string of the molecule is Cc1csc(-c2cc(CNC(=O)C3CCCN3)ccn2)c1. The zero-order valence-corrected chi connectivity index (χ0v) is 12.9. The first-order valence-corrected chi connectivity index (χ1v) is 8.12. The van der Waals surface area contributed by atoms with Gasteiger partial charge in [0.15, 0.2) is 0 Å². The van der Waals surface area contributed by atoms with Gasteiger partial charge in [-0.3, -0.25) is 9.78 Å². The summed E-state index contributed by atoms with van der Waals surface area (Å²) in [5.74, 6) is 0.0952. The summed E-state index contributed by atoms with van der Waals surface area (Å²) in [6, 6.07) is 6.11. The van der Waals surface area contributed by atoms with Crippen LogP contribution >= 0.6 is 11.3 Å². The maximum atomic E-state index is 12.0. The number of thiophene rings is 1. The van der Waals surface area contributed by atoms with Gasteiger partial charge in [-0.25, -0.2) is 0 Å². The molecule has 2 aromatic heterocycles. The minimum absolute atomic E-state index is 0.0220. The van der Waals surface area contributed by atoms with Gasteiger partial charge in [-0.15, -0.1) is 11.3 Å². The molecule has 0 radical (unpaired) electrons. The first kappa shape index (κ1) is 14.2. The lowest BCUT2D eigenvalue weighted by Gasteiger charge is -2.11. The summed E-state index contributed by atoms with van der Waals surface area (Å²) < 4.78 is 0. The third-order valence-electron chi connectivity index (χ3n) is 3.65. The van der Waals surface area contributed by atoms with Crippen molar-refractivity contribution in [1.82, 2.24) is 15.6 Å². The molecule has 3 rings (SSSR count). The van der Waals surface area contributed by atoms with Crippen molar-refractivity contribution in [3.05, 3.63) is 40.9 Å². The number of aryl methyl sites for hydroxylation is 1. The van der Waals surface area contributed by atoms with Crippen LogP contribution in [-0.4, -0.2) is 23.5 Å². The predicted molar refractivity (Wildman–Crippen MR) is 85.2 cm³/mol. The number of amides is 1. The van der Waals surface area contributed by atoms with Crippen LogP contribution in [0.3, 0.4) is 0 Å². The number of nitrogens with zero attached hydrogens (tertiary/aromatic N) is 1. The second-order valence-electron chi connectivity index (χ2n) is 5.40. The first-order valence-electron chi connectivity index (χ1n) is 7.24. The van der Waals surface area contributed by atoms with Gasteiger partial charge in [0.1, 0.15) is 0 Å². The van der Waals surface area contributed by atoms with Gasteiger partial charge in [0.25, 0.3) is 0 Å². The van der Waals surface area contributed by atoms with E-state index in [0.29, 0.717) is 6.54 Å². The van der Waals surface area contributed by atoms with Crippen LogP contribution in [0.15, 0.2) is 29.8 Å². The molecule has 1 fully saturated rings. The molecular formula is C16H19N3OS. The average Bonchev–Trinajstić information content (AvgIpc) is 3.16. The normalized spacial score (nSPS) is 17.9. The van der Waals surface area contributed by atoms with Crippen LogP contribution in [0.5, 0.6) is 0 Å². The lowest BCUT2D eigenvalue weighted by Crippen LogP contribution is -2.39. The van der Waals surface area contributed by atoms with E-state index in [-0.39, 0.29) is 11.9 Å². The number of aromatic nitrogens is 1. The Kier molecular flexibility index (Phi) is 4.31. The van der Waals surface area contributed by atoms with Crippen molar-refractivity contribution in [3.8, 4) is 10.6 Å². The van der Waals surface area contributed by atoms with Gasteiger partial charge >= 0.3 is 0 Å². The van der Waals surface area contributed by atoms with Gasteiger partial charge in [0, 0.05) is 12.7 Å². The Bertz CT molecular complexity index is 632. The maximum absolute atomic E-state index is 12.0. The predicted octanol–water partition coefficient (Wildman–Crippen LogP) is 2.49. The summed E-state index contributed by atoms with van der Waals surface area (Å²) in [5, 5.41) is 8.33. The Labute approximate surface area is 128 Å². The van der Waals surface area contributed by atoms with Crippen LogP contribution in [0.4, 0.5) is 0 Å². The van der Waals surface area contributed by atoms with Crippen LogP contribution in [0.25, 0.3) is 10.6 Å². The fraction of sp³-hybridized carbons (Fsp3) is 0.375. The highest BCUT2D eigenvalue weighted by Crippen LogP contribution is 2.25. The second-order valence-corrected chi connectivity index (χ2v) is 6.32. The van der Waals surface area contributed by atoms with Crippen molar-refractivity contribution in [2.24, 2.45) is 0 Å². The van der Waals surface area contributed by atoms with Crippen molar-refractivity contribution >= 4 is 17.2 Å². The van der Waals surface area contributed by atoms with Crippen LogP contribution in [0, 0.1) is 6.92 Å². The van der Waals surface area contributed by atoms with E-state index in [1.807, 2.05) is 12.1 Å². The number of hydrogen-bond donors (Lipinski definition) is 2. The quantitative estimate of drug-likeness (QED) is 0.912. The molecule has 0 spiro atoms. The summed E-state index contributed by atoms with van der Waals surface area (Å²) in [4.78, 5) is 17.6. The van der Waals surface area contributed by atoms with Crippen molar-refractivity contribution in [1.29, 1.82) is 0 Å². The Morgan fingerprint density at radius 2 is 2.43 bits per heavy atom. The van der Waals surface area contributed by atoms with E-state index in [4.69, 9.17) is 0 Å². The molecule has 110 valence electrons. The molecule has 1 atom stereocenters. The third-order valence-corrected chi connectivity index (χ3v) is 4.72. The van der Waals surface area contributed by atoms with Gasteiger partial charge in [0.05, 0.1) is 16.6 Å². The van der Waals surface area contributed by atoms with Crippen LogP contribution in [0.1, 0.15) is 24.0 Å². The lowest BCUT2D eigenvalue weighted by atomic mass is 10.2. The van der Waals surface area contributed by atoms with Gasteiger partial charge < -0.3 is 10.6 Å². The Morgan fingerprint density at radius 3 is 3.14 bits per heavy atom. The monoisotopic (exact) mass is 301 g/mol. The molecular weight excluding hydrogens is 282 g/mol. The molecule has 2 aromatic rings. The molecule has 1 saturated heterocycles.